The molecule has 2 aromatic heterocycles. The van der Waals surface area contributed by atoms with E-state index in [9.17, 15) is 0 Å². The van der Waals surface area contributed by atoms with Crippen molar-refractivity contribution in [2.75, 3.05) is 0 Å². The van der Waals surface area contributed by atoms with Gasteiger partial charge in [0.15, 0.2) is 0 Å². The zero-order chi connectivity index (χ0) is 11.5. The molecule has 4 nitrogen and oxygen atoms in total. The number of aromatic amines is 1. The summed E-state index contributed by atoms with van der Waals surface area (Å²) in [7, 11) is 0. The van der Waals surface area contributed by atoms with Gasteiger partial charge in [0, 0.05) is 10.5 Å². The van der Waals surface area contributed by atoms with Gasteiger partial charge in [-0.15, -0.1) is 21.5 Å². The summed E-state index contributed by atoms with van der Waals surface area (Å²) in [4.78, 5) is 1.21. The third-order valence-electron chi connectivity index (χ3n) is 2.17. The highest BCUT2D eigenvalue weighted by atomic mass is 32.2. The van der Waals surface area contributed by atoms with Crippen molar-refractivity contribution in [2.45, 2.75) is 9.10 Å². The molecule has 0 saturated heterocycles. The maximum absolute atomic E-state index is 4.01. The number of aromatic nitrogens is 4. The van der Waals surface area contributed by atoms with E-state index in [0.29, 0.717) is 5.82 Å². The van der Waals surface area contributed by atoms with E-state index in [4.69, 9.17) is 0 Å². The molecule has 0 saturated carbocycles. The predicted molar refractivity (Wildman–Crippen MR) is 68.1 cm³/mol. The molecular formula is C11H8N4S2. The van der Waals surface area contributed by atoms with Gasteiger partial charge in [-0.3, -0.25) is 0 Å². The lowest BCUT2D eigenvalue weighted by Crippen LogP contribution is -1.79. The summed E-state index contributed by atoms with van der Waals surface area (Å²) < 4.78 is 1.18. The third-order valence-corrected chi connectivity index (χ3v) is 4.33. The minimum absolute atomic E-state index is 0.643. The molecule has 0 atom stereocenters. The van der Waals surface area contributed by atoms with Crippen LogP contribution in [0.25, 0.3) is 11.4 Å². The molecule has 84 valence electrons. The number of benzene rings is 1. The molecule has 0 radical (unpaired) electrons. The number of nitrogens with zero attached hydrogens (tertiary/aromatic N) is 3. The van der Waals surface area contributed by atoms with Crippen LogP contribution in [0.3, 0.4) is 0 Å². The van der Waals surface area contributed by atoms with E-state index < -0.39 is 0 Å². The van der Waals surface area contributed by atoms with E-state index in [0.717, 1.165) is 5.56 Å². The van der Waals surface area contributed by atoms with Crippen LogP contribution in [0.4, 0.5) is 0 Å². The minimum Gasteiger partial charge on any atom is -0.177 e. The van der Waals surface area contributed by atoms with E-state index in [2.05, 4.69) is 32.8 Å². The highest BCUT2D eigenvalue weighted by Gasteiger charge is 2.11. The standard InChI is InChI=1S/C11H8N4S2/c1-2-4-8(5-3-1)17-11-9(6-7-16-11)10-12-14-15-13-10/h1-7H,(H,12,13,14,15). The zero-order valence-electron chi connectivity index (χ0n) is 8.70. The van der Waals surface area contributed by atoms with Crippen molar-refractivity contribution in [3.8, 4) is 11.4 Å². The highest BCUT2D eigenvalue weighted by molar-refractivity contribution is 8.01. The summed E-state index contributed by atoms with van der Waals surface area (Å²) in [5.41, 5.74) is 1.03. The quantitative estimate of drug-likeness (QED) is 0.786. The van der Waals surface area contributed by atoms with Crippen LogP contribution in [-0.4, -0.2) is 20.6 Å². The molecule has 0 aliphatic carbocycles. The summed E-state index contributed by atoms with van der Waals surface area (Å²) in [6.07, 6.45) is 0. The van der Waals surface area contributed by atoms with Crippen molar-refractivity contribution >= 4 is 23.1 Å². The molecule has 0 bridgehead atoms. The Hall–Kier alpha value is -1.66. The van der Waals surface area contributed by atoms with Crippen LogP contribution in [0.5, 0.6) is 0 Å². The first-order chi connectivity index (χ1) is 8.43. The Morgan fingerprint density at radius 2 is 2.00 bits per heavy atom. The third kappa shape index (κ3) is 2.22. The lowest BCUT2D eigenvalue weighted by Gasteiger charge is -1.99. The van der Waals surface area contributed by atoms with Crippen molar-refractivity contribution in [1.29, 1.82) is 0 Å². The molecule has 6 heteroatoms. The number of hydrogen-bond acceptors (Lipinski definition) is 5. The fourth-order valence-electron chi connectivity index (χ4n) is 1.41. The van der Waals surface area contributed by atoms with Gasteiger partial charge in [-0.25, -0.2) is 0 Å². The number of thiophene rings is 1. The van der Waals surface area contributed by atoms with Crippen molar-refractivity contribution in [3.63, 3.8) is 0 Å². The van der Waals surface area contributed by atoms with Crippen molar-refractivity contribution in [1.82, 2.24) is 20.6 Å². The zero-order valence-corrected chi connectivity index (χ0v) is 10.3. The number of tetrazole rings is 1. The van der Waals surface area contributed by atoms with Gasteiger partial charge in [-0.2, -0.15) is 5.21 Å². The van der Waals surface area contributed by atoms with Crippen LogP contribution >= 0.6 is 23.1 Å². The minimum atomic E-state index is 0.643. The molecule has 3 aromatic rings. The monoisotopic (exact) mass is 260 g/mol. The van der Waals surface area contributed by atoms with E-state index in [1.807, 2.05) is 29.6 Å². The Balaban J connectivity index is 1.92. The van der Waals surface area contributed by atoms with Crippen molar-refractivity contribution in [2.24, 2.45) is 0 Å². The predicted octanol–water partition coefficient (Wildman–Crippen LogP) is 3.08. The van der Waals surface area contributed by atoms with E-state index >= 15 is 0 Å². The molecule has 2 heterocycles. The second-order valence-electron chi connectivity index (χ2n) is 3.27. The van der Waals surface area contributed by atoms with Gasteiger partial charge in [0.1, 0.15) is 0 Å². The SMILES string of the molecule is c1ccc(Sc2sccc2-c2nn[nH]n2)cc1. The summed E-state index contributed by atoms with van der Waals surface area (Å²) in [6, 6.07) is 12.3. The van der Waals surface area contributed by atoms with E-state index in [1.165, 1.54) is 9.10 Å². The van der Waals surface area contributed by atoms with Crippen molar-refractivity contribution in [3.05, 3.63) is 41.8 Å². The molecule has 0 unspecified atom stereocenters. The van der Waals surface area contributed by atoms with Crippen LogP contribution < -0.4 is 0 Å². The second kappa shape index (κ2) is 4.68. The number of hydrogen-bond donors (Lipinski definition) is 1. The molecule has 1 N–H and O–H groups in total. The first-order valence-corrected chi connectivity index (χ1v) is 6.67. The Morgan fingerprint density at radius 1 is 1.12 bits per heavy atom. The average molecular weight is 260 g/mol. The Kier molecular flexibility index (Phi) is 2.89. The smallest absolute Gasteiger partial charge is 0.177 e. The van der Waals surface area contributed by atoms with E-state index in [1.54, 1.807) is 23.1 Å². The fourth-order valence-corrected chi connectivity index (χ4v) is 3.45. The van der Waals surface area contributed by atoms with Gasteiger partial charge in [-0.1, -0.05) is 30.0 Å². The maximum Gasteiger partial charge on any atom is 0.206 e. The van der Waals surface area contributed by atoms with Gasteiger partial charge in [0.05, 0.1) is 4.21 Å². The van der Waals surface area contributed by atoms with Crippen LogP contribution in [0.2, 0.25) is 0 Å². The Labute approximate surface area is 106 Å². The summed E-state index contributed by atoms with van der Waals surface area (Å²) >= 11 is 3.40. The Morgan fingerprint density at radius 3 is 2.76 bits per heavy atom. The van der Waals surface area contributed by atoms with Crippen molar-refractivity contribution < 1.29 is 0 Å². The molecule has 0 aliphatic rings. The lowest BCUT2D eigenvalue weighted by atomic mass is 10.3. The molecule has 0 spiro atoms. The highest BCUT2D eigenvalue weighted by Crippen LogP contribution is 2.38. The number of rotatable bonds is 3. The maximum atomic E-state index is 4.01. The average Bonchev–Trinajstić information content (AvgIpc) is 3.00. The normalized spacial score (nSPS) is 10.6. The van der Waals surface area contributed by atoms with Gasteiger partial charge in [0.2, 0.25) is 5.82 Å². The summed E-state index contributed by atoms with van der Waals surface area (Å²) in [5, 5.41) is 16.1. The van der Waals surface area contributed by atoms with Gasteiger partial charge in [0.25, 0.3) is 0 Å². The summed E-state index contributed by atoms with van der Waals surface area (Å²) in [5.74, 6) is 0.643. The van der Waals surface area contributed by atoms with Gasteiger partial charge in [-0.05, 0) is 28.8 Å². The molecule has 0 fully saturated rings. The second-order valence-corrected chi connectivity index (χ2v) is 5.53. The molecule has 0 amide bonds. The van der Waals surface area contributed by atoms with Crippen LogP contribution in [-0.2, 0) is 0 Å². The summed E-state index contributed by atoms with van der Waals surface area (Å²) in [6.45, 7) is 0. The topological polar surface area (TPSA) is 54.5 Å². The Bertz CT molecular complexity index is 589. The van der Waals surface area contributed by atoms with Crippen LogP contribution in [0, 0.1) is 0 Å². The van der Waals surface area contributed by atoms with E-state index in [-0.39, 0.29) is 0 Å². The molecule has 0 aliphatic heterocycles. The number of nitrogens with one attached hydrogen (secondary N) is 1. The van der Waals surface area contributed by atoms with Gasteiger partial charge < -0.3 is 0 Å². The van der Waals surface area contributed by atoms with Gasteiger partial charge >= 0.3 is 0 Å². The molecule has 17 heavy (non-hydrogen) atoms. The van der Waals surface area contributed by atoms with Crippen LogP contribution in [0.15, 0.2) is 50.9 Å². The first-order valence-electron chi connectivity index (χ1n) is 4.98. The van der Waals surface area contributed by atoms with Crippen LogP contribution in [0.1, 0.15) is 0 Å². The molecule has 1 aromatic carbocycles. The lowest BCUT2D eigenvalue weighted by molar-refractivity contribution is 0.881. The first kappa shape index (κ1) is 10.5. The largest absolute Gasteiger partial charge is 0.206 e. The number of H-pyrrole nitrogens is 1. The molecular weight excluding hydrogens is 252 g/mol. The fraction of sp³-hybridized carbons (Fsp3) is 0. The molecule has 3 rings (SSSR count).